The highest BCUT2D eigenvalue weighted by Crippen LogP contribution is 2.15. The molecule has 0 radical (unpaired) electrons. The van der Waals surface area contributed by atoms with Gasteiger partial charge in [-0.25, -0.2) is 0 Å². The molecule has 18 heavy (non-hydrogen) atoms. The van der Waals surface area contributed by atoms with Crippen molar-refractivity contribution in [3.05, 3.63) is 17.5 Å². The number of halogens is 1. The van der Waals surface area contributed by atoms with Crippen molar-refractivity contribution in [3.63, 3.8) is 0 Å². The summed E-state index contributed by atoms with van der Waals surface area (Å²) in [6.07, 6.45) is 2.80. The van der Waals surface area contributed by atoms with Crippen LogP contribution in [0.1, 0.15) is 30.7 Å². The Morgan fingerprint density at radius 1 is 1.56 bits per heavy atom. The molecule has 1 aromatic heterocycles. The molecule has 0 atom stereocenters. The van der Waals surface area contributed by atoms with Crippen LogP contribution in [-0.4, -0.2) is 24.2 Å². The third-order valence-corrected chi connectivity index (χ3v) is 3.07. The number of rotatable bonds is 4. The topological polar surface area (TPSA) is 67.2 Å². The van der Waals surface area contributed by atoms with E-state index in [1.54, 1.807) is 0 Å². The molecule has 0 spiro atoms. The second kappa shape index (κ2) is 7.38. The highest BCUT2D eigenvalue weighted by Gasteiger charge is 2.16. The molecule has 0 aromatic carbocycles. The molecular weight excluding hydrogens is 254 g/mol. The molecule has 2 N–H and O–H groups in total. The molecule has 1 aliphatic rings. The van der Waals surface area contributed by atoms with E-state index in [4.69, 9.17) is 4.52 Å². The van der Waals surface area contributed by atoms with Gasteiger partial charge in [-0.3, -0.25) is 4.79 Å². The van der Waals surface area contributed by atoms with Gasteiger partial charge < -0.3 is 15.2 Å². The number of carbonyl (C=O) groups excluding carboxylic acids is 1. The van der Waals surface area contributed by atoms with Crippen LogP contribution in [0.25, 0.3) is 0 Å². The van der Waals surface area contributed by atoms with Crippen molar-refractivity contribution < 1.29 is 9.32 Å². The zero-order chi connectivity index (χ0) is 12.1. The number of hydrogen-bond donors (Lipinski definition) is 2. The third kappa shape index (κ3) is 4.66. The number of carbonyl (C=O) groups is 1. The Kier molecular flexibility index (Phi) is 6.15. The molecular formula is C12H20ClN3O2. The Morgan fingerprint density at radius 2 is 2.28 bits per heavy atom. The molecule has 2 rings (SSSR count). The molecule has 1 saturated heterocycles. The van der Waals surface area contributed by atoms with Gasteiger partial charge in [-0.2, -0.15) is 0 Å². The molecule has 1 aliphatic heterocycles. The van der Waals surface area contributed by atoms with E-state index in [1.807, 2.05) is 13.0 Å². The quantitative estimate of drug-likeness (QED) is 0.870. The molecule has 1 aromatic rings. The van der Waals surface area contributed by atoms with Crippen LogP contribution in [0.4, 0.5) is 0 Å². The van der Waals surface area contributed by atoms with Crippen molar-refractivity contribution in [2.45, 2.75) is 32.7 Å². The van der Waals surface area contributed by atoms with Gasteiger partial charge in [0.1, 0.15) is 0 Å². The van der Waals surface area contributed by atoms with Crippen molar-refractivity contribution >= 4 is 18.3 Å². The largest absolute Gasteiger partial charge is 0.359 e. The zero-order valence-corrected chi connectivity index (χ0v) is 11.4. The van der Waals surface area contributed by atoms with Crippen LogP contribution in [0, 0.1) is 12.8 Å². The Labute approximate surface area is 113 Å². The van der Waals surface area contributed by atoms with E-state index >= 15 is 0 Å². The summed E-state index contributed by atoms with van der Waals surface area (Å²) in [4.78, 5) is 11.7. The van der Waals surface area contributed by atoms with Gasteiger partial charge in [0.2, 0.25) is 5.91 Å². The van der Waals surface area contributed by atoms with Gasteiger partial charge in [-0.15, -0.1) is 12.4 Å². The number of aryl methyl sites for hydroxylation is 1. The lowest BCUT2D eigenvalue weighted by Crippen LogP contribution is -2.32. The zero-order valence-electron chi connectivity index (χ0n) is 10.6. The van der Waals surface area contributed by atoms with Gasteiger partial charge in [0.25, 0.3) is 0 Å². The predicted octanol–water partition coefficient (Wildman–Crippen LogP) is 1.41. The Bertz CT molecular complexity index is 375. The number of hydrogen-bond acceptors (Lipinski definition) is 4. The van der Waals surface area contributed by atoms with Crippen molar-refractivity contribution in [3.8, 4) is 0 Å². The van der Waals surface area contributed by atoms with Crippen molar-refractivity contribution in [2.24, 2.45) is 5.92 Å². The fourth-order valence-corrected chi connectivity index (χ4v) is 2.11. The van der Waals surface area contributed by atoms with E-state index in [0.29, 0.717) is 24.6 Å². The van der Waals surface area contributed by atoms with E-state index < -0.39 is 0 Å². The van der Waals surface area contributed by atoms with E-state index in [0.717, 1.165) is 31.6 Å². The lowest BCUT2D eigenvalue weighted by atomic mass is 9.94. The molecule has 0 bridgehead atoms. The lowest BCUT2D eigenvalue weighted by molar-refractivity contribution is -0.122. The standard InChI is InChI=1S/C12H19N3O2.ClH/c1-9-6-11(17-15-9)8-14-12(16)7-10-2-4-13-5-3-10;/h6,10,13H,2-5,7-8H2,1H3,(H,14,16);1H. The average molecular weight is 274 g/mol. The van der Waals surface area contributed by atoms with Crippen molar-refractivity contribution in [1.29, 1.82) is 0 Å². The van der Waals surface area contributed by atoms with Crippen LogP contribution in [0.5, 0.6) is 0 Å². The SMILES string of the molecule is Cc1cc(CNC(=O)CC2CCNCC2)on1.Cl. The first-order chi connectivity index (χ1) is 8.24. The van der Waals surface area contributed by atoms with Gasteiger partial charge in [0.05, 0.1) is 12.2 Å². The fraction of sp³-hybridized carbons (Fsp3) is 0.667. The summed E-state index contributed by atoms with van der Waals surface area (Å²) < 4.78 is 5.03. The molecule has 2 heterocycles. The summed E-state index contributed by atoms with van der Waals surface area (Å²) in [5.74, 6) is 1.33. The smallest absolute Gasteiger partial charge is 0.220 e. The summed E-state index contributed by atoms with van der Waals surface area (Å²) in [5.41, 5.74) is 0.840. The van der Waals surface area contributed by atoms with Gasteiger partial charge in [-0.05, 0) is 38.8 Å². The molecule has 6 heteroatoms. The second-order valence-corrected chi connectivity index (χ2v) is 4.61. The van der Waals surface area contributed by atoms with Gasteiger partial charge in [-0.1, -0.05) is 5.16 Å². The van der Waals surface area contributed by atoms with E-state index in [2.05, 4.69) is 15.8 Å². The Morgan fingerprint density at radius 3 is 2.89 bits per heavy atom. The number of nitrogens with one attached hydrogen (secondary N) is 2. The molecule has 1 amide bonds. The summed E-state index contributed by atoms with van der Waals surface area (Å²) in [6.45, 7) is 4.35. The van der Waals surface area contributed by atoms with Crippen LogP contribution in [0.15, 0.2) is 10.6 Å². The summed E-state index contributed by atoms with van der Waals surface area (Å²) >= 11 is 0. The molecule has 0 unspecified atom stereocenters. The Balaban J connectivity index is 0.00000162. The van der Waals surface area contributed by atoms with E-state index in [1.165, 1.54) is 0 Å². The molecule has 5 nitrogen and oxygen atoms in total. The number of nitrogens with zero attached hydrogens (tertiary/aromatic N) is 1. The minimum absolute atomic E-state index is 0. The number of piperidine rings is 1. The summed E-state index contributed by atoms with van der Waals surface area (Å²) in [5, 5.41) is 9.94. The highest BCUT2D eigenvalue weighted by atomic mass is 35.5. The van der Waals surface area contributed by atoms with E-state index in [9.17, 15) is 4.79 Å². The van der Waals surface area contributed by atoms with Crippen LogP contribution in [-0.2, 0) is 11.3 Å². The maximum Gasteiger partial charge on any atom is 0.220 e. The third-order valence-electron chi connectivity index (χ3n) is 3.07. The minimum atomic E-state index is 0. The lowest BCUT2D eigenvalue weighted by Gasteiger charge is -2.21. The average Bonchev–Trinajstić information content (AvgIpc) is 2.74. The van der Waals surface area contributed by atoms with E-state index in [-0.39, 0.29) is 18.3 Å². The van der Waals surface area contributed by atoms with Crippen molar-refractivity contribution in [1.82, 2.24) is 15.8 Å². The summed E-state index contributed by atoms with van der Waals surface area (Å²) in [7, 11) is 0. The first-order valence-electron chi connectivity index (χ1n) is 6.13. The maximum absolute atomic E-state index is 11.7. The first kappa shape index (κ1) is 15.0. The minimum Gasteiger partial charge on any atom is -0.359 e. The van der Waals surface area contributed by atoms with Gasteiger partial charge in [0.15, 0.2) is 5.76 Å². The van der Waals surface area contributed by atoms with Crippen LogP contribution in [0.2, 0.25) is 0 Å². The number of amides is 1. The predicted molar refractivity (Wildman–Crippen MR) is 70.5 cm³/mol. The molecule has 0 aliphatic carbocycles. The van der Waals surface area contributed by atoms with Crippen LogP contribution < -0.4 is 10.6 Å². The van der Waals surface area contributed by atoms with Crippen molar-refractivity contribution in [2.75, 3.05) is 13.1 Å². The monoisotopic (exact) mass is 273 g/mol. The number of aromatic nitrogens is 1. The molecule has 1 fully saturated rings. The molecule has 0 saturated carbocycles. The van der Waals surface area contributed by atoms with Crippen LogP contribution >= 0.6 is 12.4 Å². The fourth-order valence-electron chi connectivity index (χ4n) is 2.11. The second-order valence-electron chi connectivity index (χ2n) is 4.61. The maximum atomic E-state index is 11.7. The Hall–Kier alpha value is -1.07. The highest BCUT2D eigenvalue weighted by molar-refractivity contribution is 5.85. The normalized spacial score (nSPS) is 16.1. The van der Waals surface area contributed by atoms with Gasteiger partial charge >= 0.3 is 0 Å². The van der Waals surface area contributed by atoms with Gasteiger partial charge in [0, 0.05) is 12.5 Å². The van der Waals surface area contributed by atoms with Crippen LogP contribution in [0.3, 0.4) is 0 Å². The first-order valence-corrected chi connectivity index (χ1v) is 6.13. The molecule has 102 valence electrons. The summed E-state index contributed by atoms with van der Waals surface area (Å²) in [6, 6.07) is 1.84.